The fraction of sp³-hybridized carbons (Fsp3) is 0.600. The van der Waals surface area contributed by atoms with E-state index in [1.54, 1.807) is 10.8 Å². The predicted octanol–water partition coefficient (Wildman–Crippen LogP) is 1.16. The molecule has 0 atom stereocenters. The molecule has 1 rings (SSSR count). The highest BCUT2D eigenvalue weighted by Gasteiger charge is 2.04. The number of hydrogen-bond donors (Lipinski definition) is 1. The Bertz CT molecular complexity index is 375. The summed E-state index contributed by atoms with van der Waals surface area (Å²) < 4.78 is 2.39. The maximum atomic E-state index is 11.7. The van der Waals surface area contributed by atoms with E-state index in [-0.39, 0.29) is 5.56 Å². The van der Waals surface area contributed by atoms with Gasteiger partial charge in [-0.2, -0.15) is 0 Å². The first-order valence-electron chi connectivity index (χ1n) is 5.09. The molecule has 0 aromatic carbocycles. The summed E-state index contributed by atoms with van der Waals surface area (Å²) in [5, 5.41) is 3.27. The topological polar surface area (TPSA) is 46.9 Å². The molecule has 0 aliphatic heterocycles. The SMILES string of the molecule is CCCNCCn1c(C)ncc(I)c1=O. The van der Waals surface area contributed by atoms with Crippen molar-refractivity contribution in [3.05, 3.63) is 25.9 Å². The Morgan fingerprint density at radius 2 is 2.27 bits per heavy atom. The van der Waals surface area contributed by atoms with Gasteiger partial charge < -0.3 is 5.32 Å². The van der Waals surface area contributed by atoms with E-state index in [1.807, 2.05) is 29.5 Å². The molecule has 0 spiro atoms. The lowest BCUT2D eigenvalue weighted by atomic mass is 10.4. The number of hydrogen-bond acceptors (Lipinski definition) is 3. The third-order valence-corrected chi connectivity index (χ3v) is 2.88. The molecule has 1 N–H and O–H groups in total. The van der Waals surface area contributed by atoms with Crippen LogP contribution in [0.2, 0.25) is 0 Å². The van der Waals surface area contributed by atoms with Crippen molar-refractivity contribution in [2.75, 3.05) is 13.1 Å². The Labute approximate surface area is 103 Å². The minimum atomic E-state index is 0.0569. The Morgan fingerprint density at radius 3 is 2.93 bits per heavy atom. The number of nitrogens with zero attached hydrogens (tertiary/aromatic N) is 2. The molecule has 1 heterocycles. The van der Waals surface area contributed by atoms with Crippen molar-refractivity contribution in [2.45, 2.75) is 26.8 Å². The average molecular weight is 321 g/mol. The Morgan fingerprint density at radius 1 is 1.53 bits per heavy atom. The first-order valence-corrected chi connectivity index (χ1v) is 6.17. The average Bonchev–Trinajstić information content (AvgIpc) is 2.23. The van der Waals surface area contributed by atoms with Gasteiger partial charge in [0.15, 0.2) is 0 Å². The molecule has 0 aliphatic rings. The highest BCUT2D eigenvalue weighted by Crippen LogP contribution is 1.96. The van der Waals surface area contributed by atoms with Crippen molar-refractivity contribution in [2.24, 2.45) is 0 Å². The molecule has 0 bridgehead atoms. The summed E-state index contributed by atoms with van der Waals surface area (Å²) in [6, 6.07) is 0. The van der Waals surface area contributed by atoms with Gasteiger partial charge in [-0.15, -0.1) is 0 Å². The Kier molecular flexibility index (Phi) is 5.24. The molecule has 0 aliphatic carbocycles. The highest BCUT2D eigenvalue weighted by molar-refractivity contribution is 14.1. The van der Waals surface area contributed by atoms with Crippen LogP contribution < -0.4 is 10.9 Å². The van der Waals surface area contributed by atoms with Crippen LogP contribution >= 0.6 is 22.6 Å². The quantitative estimate of drug-likeness (QED) is 0.654. The van der Waals surface area contributed by atoms with Crippen LogP contribution in [0.15, 0.2) is 11.0 Å². The second-order valence-electron chi connectivity index (χ2n) is 3.36. The first kappa shape index (κ1) is 12.6. The molecule has 84 valence electrons. The maximum Gasteiger partial charge on any atom is 0.266 e. The van der Waals surface area contributed by atoms with Gasteiger partial charge in [-0.3, -0.25) is 9.36 Å². The standard InChI is InChI=1S/C10H16IN3O/c1-3-4-12-5-6-14-8(2)13-7-9(11)10(14)15/h7,12H,3-6H2,1-2H3. The van der Waals surface area contributed by atoms with E-state index in [9.17, 15) is 4.79 Å². The van der Waals surface area contributed by atoms with E-state index >= 15 is 0 Å². The Balaban J connectivity index is 2.68. The smallest absolute Gasteiger partial charge is 0.266 e. The van der Waals surface area contributed by atoms with Crippen molar-refractivity contribution in [1.29, 1.82) is 0 Å². The van der Waals surface area contributed by atoms with Gasteiger partial charge in [0.1, 0.15) is 5.82 Å². The summed E-state index contributed by atoms with van der Waals surface area (Å²) in [5.41, 5.74) is 0.0569. The summed E-state index contributed by atoms with van der Waals surface area (Å²) in [7, 11) is 0. The van der Waals surface area contributed by atoms with Crippen molar-refractivity contribution >= 4 is 22.6 Å². The van der Waals surface area contributed by atoms with Gasteiger partial charge in [0.2, 0.25) is 0 Å². The molecule has 0 fully saturated rings. The van der Waals surface area contributed by atoms with Gasteiger partial charge >= 0.3 is 0 Å². The van der Waals surface area contributed by atoms with Crippen LogP contribution in [0.3, 0.4) is 0 Å². The first-order chi connectivity index (χ1) is 7.16. The van der Waals surface area contributed by atoms with Gasteiger partial charge in [-0.1, -0.05) is 6.92 Å². The number of aryl methyl sites for hydroxylation is 1. The molecule has 0 radical (unpaired) electrons. The van der Waals surface area contributed by atoms with E-state index in [0.717, 1.165) is 25.3 Å². The molecule has 1 aromatic rings. The van der Waals surface area contributed by atoms with Gasteiger partial charge in [0.05, 0.1) is 3.57 Å². The lowest BCUT2D eigenvalue weighted by Crippen LogP contribution is -2.30. The molecular formula is C10H16IN3O. The van der Waals surface area contributed by atoms with Gasteiger partial charge in [-0.25, -0.2) is 4.98 Å². The van der Waals surface area contributed by atoms with Gasteiger partial charge in [0.25, 0.3) is 5.56 Å². The molecule has 5 heteroatoms. The normalized spacial score (nSPS) is 10.6. The molecule has 4 nitrogen and oxygen atoms in total. The fourth-order valence-electron chi connectivity index (χ4n) is 1.31. The number of nitrogens with one attached hydrogen (secondary N) is 1. The minimum Gasteiger partial charge on any atom is -0.315 e. The predicted molar refractivity (Wildman–Crippen MR) is 69.1 cm³/mol. The summed E-state index contributed by atoms with van der Waals surface area (Å²) in [4.78, 5) is 15.9. The van der Waals surface area contributed by atoms with Crippen LogP contribution in [0.25, 0.3) is 0 Å². The van der Waals surface area contributed by atoms with Crippen LogP contribution in [0, 0.1) is 10.5 Å². The van der Waals surface area contributed by atoms with E-state index < -0.39 is 0 Å². The van der Waals surface area contributed by atoms with E-state index in [4.69, 9.17) is 0 Å². The van der Waals surface area contributed by atoms with Gasteiger partial charge in [0, 0.05) is 19.3 Å². The summed E-state index contributed by atoms with van der Waals surface area (Å²) in [6.07, 6.45) is 2.73. The van der Waals surface area contributed by atoms with Crippen molar-refractivity contribution in [3.63, 3.8) is 0 Å². The molecule has 1 aromatic heterocycles. The lowest BCUT2D eigenvalue weighted by Gasteiger charge is -2.09. The molecule has 0 saturated heterocycles. The molecule has 0 saturated carbocycles. The number of halogens is 1. The largest absolute Gasteiger partial charge is 0.315 e. The molecular weight excluding hydrogens is 305 g/mol. The van der Waals surface area contributed by atoms with Crippen molar-refractivity contribution < 1.29 is 0 Å². The van der Waals surface area contributed by atoms with E-state index in [1.165, 1.54) is 0 Å². The van der Waals surface area contributed by atoms with Crippen LogP contribution in [0.5, 0.6) is 0 Å². The monoisotopic (exact) mass is 321 g/mol. The lowest BCUT2D eigenvalue weighted by molar-refractivity contribution is 0.562. The minimum absolute atomic E-state index is 0.0569. The van der Waals surface area contributed by atoms with Crippen LogP contribution in [-0.4, -0.2) is 22.6 Å². The van der Waals surface area contributed by atoms with Crippen molar-refractivity contribution in [1.82, 2.24) is 14.9 Å². The fourth-order valence-corrected chi connectivity index (χ4v) is 1.74. The summed E-state index contributed by atoms with van der Waals surface area (Å²) >= 11 is 2.02. The Hall–Kier alpha value is -0.430. The zero-order valence-corrected chi connectivity index (χ0v) is 11.2. The van der Waals surface area contributed by atoms with Crippen LogP contribution in [0.4, 0.5) is 0 Å². The highest BCUT2D eigenvalue weighted by atomic mass is 127. The second kappa shape index (κ2) is 6.22. The summed E-state index contributed by atoms with van der Waals surface area (Å²) in [5.74, 6) is 0.777. The zero-order chi connectivity index (χ0) is 11.3. The summed E-state index contributed by atoms with van der Waals surface area (Å²) in [6.45, 7) is 6.48. The van der Waals surface area contributed by atoms with Crippen molar-refractivity contribution in [3.8, 4) is 0 Å². The van der Waals surface area contributed by atoms with Crippen LogP contribution in [-0.2, 0) is 6.54 Å². The zero-order valence-electron chi connectivity index (χ0n) is 9.09. The maximum absolute atomic E-state index is 11.7. The second-order valence-corrected chi connectivity index (χ2v) is 4.52. The molecule has 0 amide bonds. The van der Waals surface area contributed by atoms with E-state index in [0.29, 0.717) is 10.1 Å². The molecule has 0 unspecified atom stereocenters. The van der Waals surface area contributed by atoms with Gasteiger partial charge in [-0.05, 0) is 42.5 Å². The number of rotatable bonds is 5. The third-order valence-electron chi connectivity index (χ3n) is 2.14. The van der Waals surface area contributed by atoms with E-state index in [2.05, 4.69) is 17.2 Å². The third kappa shape index (κ3) is 3.57. The van der Waals surface area contributed by atoms with Crippen LogP contribution in [0.1, 0.15) is 19.2 Å². The number of aromatic nitrogens is 2. The molecule has 15 heavy (non-hydrogen) atoms.